The number of carbonyl (C=O) groups is 1. The Bertz CT molecular complexity index is 665. The third-order valence-electron chi connectivity index (χ3n) is 3.93. The Morgan fingerprint density at radius 3 is 2.81 bits per heavy atom. The van der Waals surface area contributed by atoms with Gasteiger partial charge < -0.3 is 10.3 Å². The average molecular weight is 309 g/mol. The Hall–Kier alpha value is -1.59. The van der Waals surface area contributed by atoms with Gasteiger partial charge in [0.15, 0.2) is 0 Å². The molecule has 1 atom stereocenters. The Morgan fingerprint density at radius 1 is 1.38 bits per heavy atom. The maximum atomic E-state index is 12.6. The molecule has 1 aliphatic rings. The van der Waals surface area contributed by atoms with Crippen molar-refractivity contribution in [3.05, 3.63) is 24.3 Å². The predicted molar refractivity (Wildman–Crippen MR) is 86.8 cm³/mol. The topological polar surface area (TPSA) is 64.2 Å². The van der Waals surface area contributed by atoms with Gasteiger partial charge in [-0.25, -0.2) is 4.98 Å². The van der Waals surface area contributed by atoms with Crippen molar-refractivity contribution in [2.24, 2.45) is 5.73 Å². The first-order chi connectivity index (χ1) is 9.54. The summed E-state index contributed by atoms with van der Waals surface area (Å²) in [5.41, 5.74) is 7.36. The van der Waals surface area contributed by atoms with Gasteiger partial charge in [-0.2, -0.15) is 0 Å². The zero-order valence-corrected chi connectivity index (χ0v) is 13.2. The Balaban J connectivity index is 0.00000161. The van der Waals surface area contributed by atoms with Crippen molar-refractivity contribution >= 4 is 35.3 Å². The molecule has 5 nitrogen and oxygen atoms in total. The highest BCUT2D eigenvalue weighted by Crippen LogP contribution is 2.29. The standard InChI is InChI=1S/C15H20N4O.ClH/c1-3-8-15(2,16)13(20)19-10-9-18-12-7-5-4-6-11(12)17-14(18)19;/h4-7H,3,8-10,16H2,1-2H3;1H. The van der Waals surface area contributed by atoms with Crippen LogP contribution in [-0.4, -0.2) is 27.5 Å². The van der Waals surface area contributed by atoms with E-state index in [4.69, 9.17) is 5.73 Å². The van der Waals surface area contributed by atoms with Crippen molar-refractivity contribution in [2.75, 3.05) is 11.4 Å². The van der Waals surface area contributed by atoms with Crippen molar-refractivity contribution in [3.63, 3.8) is 0 Å². The first kappa shape index (κ1) is 15.8. The molecule has 0 spiro atoms. The van der Waals surface area contributed by atoms with Crippen LogP contribution in [0.2, 0.25) is 0 Å². The molecule has 1 aromatic heterocycles. The van der Waals surface area contributed by atoms with Gasteiger partial charge in [0.05, 0.1) is 16.6 Å². The lowest BCUT2D eigenvalue weighted by atomic mass is 9.96. The normalized spacial score (nSPS) is 16.4. The van der Waals surface area contributed by atoms with E-state index in [0.717, 1.165) is 29.9 Å². The van der Waals surface area contributed by atoms with Gasteiger partial charge in [0.2, 0.25) is 11.9 Å². The fourth-order valence-electron chi connectivity index (χ4n) is 2.92. The number of aromatic nitrogens is 2. The summed E-state index contributed by atoms with van der Waals surface area (Å²) in [6.07, 6.45) is 1.57. The molecule has 114 valence electrons. The third kappa shape index (κ3) is 2.51. The van der Waals surface area contributed by atoms with E-state index in [-0.39, 0.29) is 18.3 Å². The second kappa shape index (κ2) is 5.66. The summed E-state index contributed by atoms with van der Waals surface area (Å²) in [6.45, 7) is 5.29. The molecular weight excluding hydrogens is 288 g/mol. The number of para-hydroxylation sites is 2. The lowest BCUT2D eigenvalue weighted by Gasteiger charge is -2.27. The highest BCUT2D eigenvalue weighted by molar-refractivity contribution is 6.00. The van der Waals surface area contributed by atoms with Crippen LogP contribution in [0.1, 0.15) is 26.7 Å². The van der Waals surface area contributed by atoms with Gasteiger partial charge in [0.1, 0.15) is 0 Å². The predicted octanol–water partition coefficient (Wildman–Crippen LogP) is 2.32. The summed E-state index contributed by atoms with van der Waals surface area (Å²) in [5, 5.41) is 0. The second-order valence-corrected chi connectivity index (χ2v) is 5.68. The van der Waals surface area contributed by atoms with E-state index in [1.54, 1.807) is 4.90 Å². The Labute approximate surface area is 130 Å². The summed E-state index contributed by atoms with van der Waals surface area (Å²) in [7, 11) is 0. The molecule has 2 N–H and O–H groups in total. The average Bonchev–Trinajstić information content (AvgIpc) is 2.96. The van der Waals surface area contributed by atoms with Crippen LogP contribution >= 0.6 is 12.4 Å². The summed E-state index contributed by atoms with van der Waals surface area (Å²) >= 11 is 0. The summed E-state index contributed by atoms with van der Waals surface area (Å²) in [5.74, 6) is 0.692. The lowest BCUT2D eigenvalue weighted by molar-refractivity contribution is -0.123. The largest absolute Gasteiger partial charge is 0.318 e. The number of nitrogens with zero attached hydrogens (tertiary/aromatic N) is 3. The number of anilines is 1. The lowest BCUT2D eigenvalue weighted by Crippen LogP contribution is -2.53. The highest BCUT2D eigenvalue weighted by Gasteiger charge is 2.37. The maximum Gasteiger partial charge on any atom is 0.249 e. The first-order valence-corrected chi connectivity index (χ1v) is 7.10. The molecule has 1 unspecified atom stereocenters. The minimum absolute atomic E-state index is 0. The molecular formula is C15H21ClN4O. The number of carbonyl (C=O) groups excluding carboxylic acids is 1. The van der Waals surface area contributed by atoms with Gasteiger partial charge >= 0.3 is 0 Å². The minimum Gasteiger partial charge on any atom is -0.318 e. The van der Waals surface area contributed by atoms with Crippen LogP contribution < -0.4 is 10.6 Å². The fourth-order valence-corrected chi connectivity index (χ4v) is 2.92. The molecule has 21 heavy (non-hydrogen) atoms. The van der Waals surface area contributed by atoms with Gasteiger partial charge in [0.25, 0.3) is 0 Å². The summed E-state index contributed by atoms with van der Waals surface area (Å²) in [6, 6.07) is 7.96. The SMILES string of the molecule is CCCC(C)(N)C(=O)N1CCn2c1nc1ccccc12.Cl. The minimum atomic E-state index is -0.817. The van der Waals surface area contributed by atoms with E-state index in [1.807, 2.05) is 38.1 Å². The number of nitrogens with two attached hydrogens (primary N) is 1. The molecule has 3 rings (SSSR count). The van der Waals surface area contributed by atoms with Crippen LogP contribution in [0, 0.1) is 0 Å². The van der Waals surface area contributed by atoms with E-state index in [1.165, 1.54) is 0 Å². The van der Waals surface area contributed by atoms with E-state index in [2.05, 4.69) is 9.55 Å². The molecule has 1 amide bonds. The molecule has 0 aliphatic carbocycles. The smallest absolute Gasteiger partial charge is 0.249 e. The molecule has 2 aromatic rings. The van der Waals surface area contributed by atoms with E-state index in [0.29, 0.717) is 13.0 Å². The number of imidazole rings is 1. The number of fused-ring (bicyclic) bond motifs is 3. The van der Waals surface area contributed by atoms with Gasteiger partial charge in [-0.3, -0.25) is 9.69 Å². The third-order valence-corrected chi connectivity index (χ3v) is 3.93. The molecule has 6 heteroatoms. The van der Waals surface area contributed by atoms with Gasteiger partial charge in [-0.1, -0.05) is 25.5 Å². The Morgan fingerprint density at radius 2 is 2.10 bits per heavy atom. The molecule has 0 fully saturated rings. The van der Waals surface area contributed by atoms with Crippen LogP contribution in [-0.2, 0) is 11.3 Å². The number of halogens is 1. The van der Waals surface area contributed by atoms with Crippen molar-refractivity contribution in [1.29, 1.82) is 0 Å². The van der Waals surface area contributed by atoms with Crippen LogP contribution in [0.25, 0.3) is 11.0 Å². The molecule has 0 radical (unpaired) electrons. The fraction of sp³-hybridized carbons (Fsp3) is 0.467. The summed E-state index contributed by atoms with van der Waals surface area (Å²) < 4.78 is 2.09. The van der Waals surface area contributed by atoms with Crippen LogP contribution in [0.3, 0.4) is 0 Å². The molecule has 0 bridgehead atoms. The number of hydrogen-bond acceptors (Lipinski definition) is 3. The highest BCUT2D eigenvalue weighted by atomic mass is 35.5. The monoisotopic (exact) mass is 308 g/mol. The van der Waals surface area contributed by atoms with Gasteiger partial charge in [0, 0.05) is 13.1 Å². The zero-order valence-electron chi connectivity index (χ0n) is 12.4. The molecule has 1 aliphatic heterocycles. The first-order valence-electron chi connectivity index (χ1n) is 7.10. The van der Waals surface area contributed by atoms with Crippen LogP contribution in [0.15, 0.2) is 24.3 Å². The van der Waals surface area contributed by atoms with Crippen molar-refractivity contribution < 1.29 is 4.79 Å². The van der Waals surface area contributed by atoms with Crippen LogP contribution in [0.4, 0.5) is 5.95 Å². The number of hydrogen-bond donors (Lipinski definition) is 1. The number of rotatable bonds is 3. The zero-order chi connectivity index (χ0) is 14.3. The number of benzene rings is 1. The molecule has 0 saturated carbocycles. The Kier molecular flexibility index (Phi) is 4.25. The molecule has 2 heterocycles. The quantitative estimate of drug-likeness (QED) is 0.946. The second-order valence-electron chi connectivity index (χ2n) is 5.68. The number of amides is 1. The van der Waals surface area contributed by atoms with Crippen molar-refractivity contribution in [3.8, 4) is 0 Å². The van der Waals surface area contributed by atoms with Gasteiger partial charge in [-0.15, -0.1) is 12.4 Å². The van der Waals surface area contributed by atoms with E-state index >= 15 is 0 Å². The van der Waals surface area contributed by atoms with Crippen LogP contribution in [0.5, 0.6) is 0 Å². The molecule has 1 aromatic carbocycles. The van der Waals surface area contributed by atoms with Crippen molar-refractivity contribution in [1.82, 2.24) is 9.55 Å². The van der Waals surface area contributed by atoms with E-state index in [9.17, 15) is 4.79 Å². The van der Waals surface area contributed by atoms with E-state index < -0.39 is 5.54 Å². The maximum absolute atomic E-state index is 12.6. The summed E-state index contributed by atoms with van der Waals surface area (Å²) in [4.78, 5) is 19.0. The van der Waals surface area contributed by atoms with Crippen molar-refractivity contribution in [2.45, 2.75) is 38.8 Å². The molecule has 0 saturated heterocycles. The van der Waals surface area contributed by atoms with Gasteiger partial charge in [-0.05, 0) is 25.5 Å².